The third-order valence-corrected chi connectivity index (χ3v) is 6.45. The summed E-state index contributed by atoms with van der Waals surface area (Å²) in [7, 11) is 6.26. The number of amides is 1. The highest BCUT2D eigenvalue weighted by molar-refractivity contribution is 9.07. The fraction of sp³-hybridized carbons (Fsp3) is 0.333. The van der Waals surface area contributed by atoms with Gasteiger partial charge in [0.05, 0.1) is 39.7 Å². The maximum absolute atomic E-state index is 12.9. The fourth-order valence-corrected chi connectivity index (χ4v) is 4.62. The number of hydrogen-bond acceptors (Lipinski definition) is 6. The minimum absolute atomic E-state index is 0.119. The molecule has 0 N–H and O–H groups in total. The molecule has 0 aliphatic rings. The molecule has 3 aromatic carbocycles. The molecule has 0 heterocycles. The second-order valence-electron chi connectivity index (χ2n) is 11.0. The van der Waals surface area contributed by atoms with E-state index in [1.807, 2.05) is 114 Å². The van der Waals surface area contributed by atoms with Crippen LogP contribution in [0, 0.1) is 0 Å². The lowest BCUT2D eigenvalue weighted by Crippen LogP contribution is -2.41. The molecule has 0 aliphatic heterocycles. The first-order chi connectivity index (χ1) is 18.8. The SMILES string of the molecule is CC(C)(C)OC(=O)N(Br)Cc1cc(C(O[Si])(O[Si])OC(C)(C)C)ccc1N=C(c1ccccc1)c1ccccc1. The van der Waals surface area contributed by atoms with Crippen LogP contribution in [0.4, 0.5) is 10.5 Å². The summed E-state index contributed by atoms with van der Waals surface area (Å²) < 4.78 is 24.1. The molecule has 6 radical (unpaired) electrons. The van der Waals surface area contributed by atoms with Crippen LogP contribution in [-0.4, -0.2) is 47.9 Å². The first kappa shape index (κ1) is 31.9. The summed E-state index contributed by atoms with van der Waals surface area (Å²) in [5.74, 6) is -1.65. The summed E-state index contributed by atoms with van der Waals surface area (Å²) in [5, 5.41) is 0. The van der Waals surface area contributed by atoms with Gasteiger partial charge < -0.3 is 18.3 Å². The van der Waals surface area contributed by atoms with Gasteiger partial charge in [-0.25, -0.2) is 13.7 Å². The van der Waals surface area contributed by atoms with Crippen LogP contribution in [-0.2, 0) is 30.8 Å². The number of hydrogen-bond donors (Lipinski definition) is 0. The number of halogens is 1. The van der Waals surface area contributed by atoms with Crippen molar-refractivity contribution in [2.45, 2.75) is 65.3 Å². The molecule has 0 aromatic heterocycles. The van der Waals surface area contributed by atoms with Crippen molar-refractivity contribution in [3.05, 3.63) is 101 Å². The summed E-state index contributed by atoms with van der Waals surface area (Å²) in [6.07, 6.45) is -0.538. The predicted molar refractivity (Wildman–Crippen MR) is 162 cm³/mol. The Hall–Kier alpha value is -2.61. The first-order valence-electron chi connectivity index (χ1n) is 12.7. The van der Waals surface area contributed by atoms with Gasteiger partial charge in [-0.05, 0) is 65.3 Å². The number of carbonyl (C=O) groups is 1. The van der Waals surface area contributed by atoms with E-state index in [1.54, 1.807) is 6.07 Å². The minimum Gasteiger partial charge on any atom is -0.443 e. The Bertz CT molecular complexity index is 1260. The van der Waals surface area contributed by atoms with Gasteiger partial charge in [0.25, 0.3) is 26.9 Å². The monoisotopic (exact) mass is 636 g/mol. The van der Waals surface area contributed by atoms with E-state index >= 15 is 0 Å². The molecule has 0 bridgehead atoms. The summed E-state index contributed by atoms with van der Waals surface area (Å²) in [4.78, 5) is 18.0. The summed E-state index contributed by atoms with van der Waals surface area (Å²) in [6.45, 7) is 11.2. The largest absolute Gasteiger partial charge is 0.443 e. The molecule has 10 heteroatoms. The van der Waals surface area contributed by atoms with Crippen LogP contribution in [0.5, 0.6) is 0 Å². The van der Waals surface area contributed by atoms with Gasteiger partial charge in [-0.1, -0.05) is 60.7 Å². The van der Waals surface area contributed by atoms with Crippen molar-refractivity contribution < 1.29 is 23.1 Å². The molecular formula is C30H33BrN2O5Si2. The smallest absolute Gasteiger partial charge is 0.420 e. The molecule has 40 heavy (non-hydrogen) atoms. The van der Waals surface area contributed by atoms with Crippen molar-refractivity contribution in [1.82, 2.24) is 3.93 Å². The van der Waals surface area contributed by atoms with Gasteiger partial charge in [0, 0.05) is 16.7 Å². The van der Waals surface area contributed by atoms with Crippen LogP contribution in [0.15, 0.2) is 83.9 Å². The van der Waals surface area contributed by atoms with Gasteiger partial charge in [0.1, 0.15) is 5.60 Å². The van der Waals surface area contributed by atoms with Gasteiger partial charge in [0.15, 0.2) is 0 Å². The van der Waals surface area contributed by atoms with Crippen molar-refractivity contribution >= 4 is 54.6 Å². The summed E-state index contributed by atoms with van der Waals surface area (Å²) >= 11 is 3.38. The Morgan fingerprint density at radius 3 is 1.80 bits per heavy atom. The highest BCUT2D eigenvalue weighted by Crippen LogP contribution is 2.36. The molecule has 7 nitrogen and oxygen atoms in total. The van der Waals surface area contributed by atoms with E-state index in [2.05, 4.69) is 37.1 Å². The quantitative estimate of drug-likeness (QED) is 0.109. The van der Waals surface area contributed by atoms with Crippen LogP contribution in [0.25, 0.3) is 0 Å². The van der Waals surface area contributed by atoms with Crippen molar-refractivity contribution in [3.8, 4) is 0 Å². The number of aliphatic imine (C=N–C) groups is 1. The molecule has 0 unspecified atom stereocenters. The van der Waals surface area contributed by atoms with E-state index in [-0.39, 0.29) is 6.54 Å². The third kappa shape index (κ3) is 8.69. The standard InChI is InChI=1S/C30H33BrN2O5Si2/c1-28(2,3)35-27(34)33(31)20-23-19-24(30(37-39,38-40)36-29(4,5)6)17-18-25(23)32-26(21-13-9-7-10-14-21)22-15-11-8-12-16-22/h7-19H,20H2,1-6H3. The van der Waals surface area contributed by atoms with Gasteiger partial charge in [0.2, 0.25) is 0 Å². The predicted octanol–water partition coefficient (Wildman–Crippen LogP) is 7.03. The average Bonchev–Trinajstić information content (AvgIpc) is 2.90. The van der Waals surface area contributed by atoms with Crippen molar-refractivity contribution in [1.29, 1.82) is 0 Å². The Morgan fingerprint density at radius 2 is 1.35 bits per heavy atom. The lowest BCUT2D eigenvalue weighted by molar-refractivity contribution is -0.347. The topological polar surface area (TPSA) is 69.6 Å². The third-order valence-electron chi connectivity index (χ3n) is 5.37. The van der Waals surface area contributed by atoms with Crippen LogP contribution < -0.4 is 0 Å². The minimum atomic E-state index is -1.65. The Morgan fingerprint density at radius 1 is 0.825 bits per heavy atom. The molecular weight excluding hydrogens is 604 g/mol. The van der Waals surface area contributed by atoms with E-state index in [1.165, 1.54) is 3.93 Å². The fourth-order valence-electron chi connectivity index (χ4n) is 3.79. The van der Waals surface area contributed by atoms with Crippen LogP contribution >= 0.6 is 16.1 Å². The number of nitrogens with zero attached hydrogens (tertiary/aromatic N) is 2. The first-order valence-corrected chi connectivity index (χ1v) is 14.2. The van der Waals surface area contributed by atoms with E-state index in [0.29, 0.717) is 16.8 Å². The van der Waals surface area contributed by atoms with E-state index in [4.69, 9.17) is 23.3 Å². The van der Waals surface area contributed by atoms with Gasteiger partial charge in [-0.3, -0.25) is 0 Å². The molecule has 3 aromatic rings. The zero-order valence-electron chi connectivity index (χ0n) is 23.5. The zero-order valence-corrected chi connectivity index (χ0v) is 27.1. The Kier molecular flexibility index (Phi) is 10.7. The molecule has 0 saturated carbocycles. The highest BCUT2D eigenvalue weighted by atomic mass is 79.9. The van der Waals surface area contributed by atoms with Gasteiger partial charge in [-0.15, -0.1) is 0 Å². The Labute approximate surface area is 252 Å². The lowest BCUT2D eigenvalue weighted by atomic mass is 10.0. The second kappa shape index (κ2) is 13.4. The van der Waals surface area contributed by atoms with Crippen molar-refractivity contribution in [2.75, 3.05) is 0 Å². The highest BCUT2D eigenvalue weighted by Gasteiger charge is 2.38. The van der Waals surface area contributed by atoms with Crippen molar-refractivity contribution in [3.63, 3.8) is 0 Å². The number of carbonyl (C=O) groups excluding carboxylic acids is 1. The molecule has 0 fully saturated rings. The normalized spacial score (nSPS) is 12.1. The molecule has 0 spiro atoms. The maximum atomic E-state index is 12.9. The van der Waals surface area contributed by atoms with Crippen LogP contribution in [0.3, 0.4) is 0 Å². The van der Waals surface area contributed by atoms with Crippen LogP contribution in [0.2, 0.25) is 0 Å². The number of benzene rings is 3. The molecule has 0 saturated heterocycles. The van der Waals surface area contributed by atoms with Crippen LogP contribution in [0.1, 0.15) is 63.8 Å². The summed E-state index contributed by atoms with van der Waals surface area (Å²) in [5.41, 5.74) is 3.20. The molecule has 0 atom stereocenters. The van der Waals surface area contributed by atoms with E-state index < -0.39 is 23.3 Å². The molecule has 3 rings (SSSR count). The van der Waals surface area contributed by atoms with E-state index in [9.17, 15) is 4.79 Å². The van der Waals surface area contributed by atoms with Gasteiger partial charge >= 0.3 is 6.09 Å². The van der Waals surface area contributed by atoms with Gasteiger partial charge in [-0.2, -0.15) is 0 Å². The molecule has 1 amide bonds. The maximum Gasteiger partial charge on any atom is 0.420 e. The molecule has 208 valence electrons. The average molecular weight is 638 g/mol. The Balaban J connectivity index is 2.20. The summed E-state index contributed by atoms with van der Waals surface area (Å²) in [6, 6.07) is 25.3. The number of rotatable bonds is 9. The number of ether oxygens (including phenoxy) is 2. The van der Waals surface area contributed by atoms with E-state index in [0.717, 1.165) is 16.8 Å². The second-order valence-corrected chi connectivity index (χ2v) is 12.3. The zero-order chi connectivity index (χ0) is 29.6. The lowest BCUT2D eigenvalue weighted by Gasteiger charge is -2.37. The van der Waals surface area contributed by atoms with Crippen molar-refractivity contribution in [2.24, 2.45) is 4.99 Å². The molecule has 0 aliphatic carbocycles.